The zero-order valence-electron chi connectivity index (χ0n) is 11.6. The first kappa shape index (κ1) is 16.8. The van der Waals surface area contributed by atoms with Crippen molar-refractivity contribution in [2.45, 2.75) is 38.8 Å². The van der Waals surface area contributed by atoms with Crippen molar-refractivity contribution < 1.29 is 14.3 Å². The fraction of sp³-hybridized carbons (Fsp3) is 0.429. The van der Waals surface area contributed by atoms with E-state index in [1.54, 1.807) is 39.0 Å². The van der Waals surface area contributed by atoms with Crippen LogP contribution >= 0.6 is 23.2 Å². The lowest BCUT2D eigenvalue weighted by Gasteiger charge is -2.21. The summed E-state index contributed by atoms with van der Waals surface area (Å²) in [6.45, 7) is 5.25. The maximum atomic E-state index is 11.6. The molecule has 0 bridgehead atoms. The number of rotatable bonds is 4. The number of ether oxygens (including phenoxy) is 1. The van der Waals surface area contributed by atoms with Gasteiger partial charge >= 0.3 is 6.09 Å². The van der Waals surface area contributed by atoms with E-state index in [-0.39, 0.29) is 6.42 Å². The fourth-order valence-corrected chi connectivity index (χ4v) is 2.00. The summed E-state index contributed by atoms with van der Waals surface area (Å²) in [5, 5.41) is 3.46. The zero-order valence-corrected chi connectivity index (χ0v) is 13.1. The molecular formula is C14H17Cl2NO3. The molecule has 0 heterocycles. The second-order valence-corrected chi connectivity index (χ2v) is 6.17. The Morgan fingerprint density at radius 3 is 2.55 bits per heavy atom. The summed E-state index contributed by atoms with van der Waals surface area (Å²) >= 11 is 11.8. The summed E-state index contributed by atoms with van der Waals surface area (Å²) in [4.78, 5) is 22.7. The van der Waals surface area contributed by atoms with E-state index < -0.39 is 17.7 Å². The zero-order chi connectivity index (χ0) is 15.3. The number of carbonyl (C=O) groups excluding carboxylic acids is 2. The molecule has 1 N–H and O–H groups in total. The second-order valence-electron chi connectivity index (χ2n) is 5.33. The smallest absolute Gasteiger partial charge is 0.408 e. The molecule has 1 unspecified atom stereocenters. The van der Waals surface area contributed by atoms with Gasteiger partial charge in [-0.25, -0.2) is 4.79 Å². The summed E-state index contributed by atoms with van der Waals surface area (Å²) in [7, 11) is 0. The van der Waals surface area contributed by atoms with Crippen molar-refractivity contribution in [3.63, 3.8) is 0 Å². The van der Waals surface area contributed by atoms with Gasteiger partial charge in [0.1, 0.15) is 11.9 Å². The first-order chi connectivity index (χ1) is 9.21. The van der Waals surface area contributed by atoms with Gasteiger partial charge in [0.15, 0.2) is 0 Å². The maximum Gasteiger partial charge on any atom is 0.408 e. The van der Waals surface area contributed by atoms with Crippen LogP contribution in [0, 0.1) is 0 Å². The molecular weight excluding hydrogens is 301 g/mol. The van der Waals surface area contributed by atoms with Crippen molar-refractivity contribution in [1.82, 2.24) is 5.32 Å². The van der Waals surface area contributed by atoms with E-state index in [0.29, 0.717) is 16.3 Å². The molecule has 6 heteroatoms. The second kappa shape index (κ2) is 6.95. The summed E-state index contributed by atoms with van der Waals surface area (Å²) in [5.41, 5.74) is 0.110. The van der Waals surface area contributed by atoms with Crippen molar-refractivity contribution >= 4 is 35.6 Å². The van der Waals surface area contributed by atoms with Crippen LogP contribution < -0.4 is 5.32 Å². The Balaban J connectivity index is 2.68. The van der Waals surface area contributed by atoms with Crippen LogP contribution in [0.5, 0.6) is 0 Å². The quantitative estimate of drug-likeness (QED) is 0.863. The minimum absolute atomic E-state index is 0.277. The molecule has 110 valence electrons. The van der Waals surface area contributed by atoms with Crippen LogP contribution in [0.3, 0.4) is 0 Å². The molecule has 0 aliphatic carbocycles. The van der Waals surface area contributed by atoms with Crippen LogP contribution in [0.25, 0.3) is 0 Å². The Bertz CT molecular complexity index is 498. The molecule has 0 spiro atoms. The Kier molecular flexibility index (Phi) is 5.84. The molecule has 1 rings (SSSR count). The van der Waals surface area contributed by atoms with Gasteiger partial charge in [0.25, 0.3) is 0 Å². The Morgan fingerprint density at radius 1 is 1.40 bits per heavy atom. The van der Waals surface area contributed by atoms with Gasteiger partial charge in [-0.1, -0.05) is 29.3 Å². The van der Waals surface area contributed by atoms with Crippen LogP contribution in [0.2, 0.25) is 10.0 Å². The fourth-order valence-electron chi connectivity index (χ4n) is 1.52. The van der Waals surface area contributed by atoms with Crippen LogP contribution in [0.15, 0.2) is 18.2 Å². The van der Waals surface area contributed by atoms with Gasteiger partial charge in [-0.15, -0.1) is 0 Å². The average molecular weight is 318 g/mol. The first-order valence-electron chi connectivity index (χ1n) is 6.10. The molecule has 0 saturated carbocycles. The molecule has 1 aromatic carbocycles. The number of hydrogen-bond acceptors (Lipinski definition) is 3. The van der Waals surface area contributed by atoms with Crippen molar-refractivity contribution in [3.8, 4) is 0 Å². The highest BCUT2D eigenvalue weighted by Crippen LogP contribution is 2.22. The van der Waals surface area contributed by atoms with E-state index in [1.807, 2.05) is 0 Å². The molecule has 0 fully saturated rings. The summed E-state index contributed by atoms with van der Waals surface area (Å²) in [5.74, 6) is 0. The highest BCUT2D eigenvalue weighted by Gasteiger charge is 2.20. The van der Waals surface area contributed by atoms with Gasteiger partial charge in [0.05, 0.1) is 6.04 Å². The lowest BCUT2D eigenvalue weighted by molar-refractivity contribution is -0.109. The minimum Gasteiger partial charge on any atom is -0.444 e. The van der Waals surface area contributed by atoms with E-state index >= 15 is 0 Å². The van der Waals surface area contributed by atoms with Crippen LogP contribution in [-0.2, 0) is 16.0 Å². The van der Waals surface area contributed by atoms with Gasteiger partial charge in [-0.2, -0.15) is 0 Å². The lowest BCUT2D eigenvalue weighted by Crippen LogP contribution is -2.41. The predicted molar refractivity (Wildman–Crippen MR) is 79.4 cm³/mol. The van der Waals surface area contributed by atoms with E-state index in [9.17, 15) is 9.59 Å². The van der Waals surface area contributed by atoms with Gasteiger partial charge in [0.2, 0.25) is 0 Å². The molecule has 20 heavy (non-hydrogen) atoms. The Hall–Kier alpha value is -1.26. The van der Waals surface area contributed by atoms with Crippen molar-refractivity contribution in [1.29, 1.82) is 0 Å². The Labute approximate surface area is 128 Å². The molecule has 0 radical (unpaired) electrons. The molecule has 1 amide bonds. The van der Waals surface area contributed by atoms with Crippen molar-refractivity contribution in [2.24, 2.45) is 0 Å². The van der Waals surface area contributed by atoms with Crippen LogP contribution in [0.1, 0.15) is 26.3 Å². The molecule has 0 aliphatic heterocycles. The number of hydrogen-bond donors (Lipinski definition) is 1. The van der Waals surface area contributed by atoms with Gasteiger partial charge in [-0.3, -0.25) is 0 Å². The highest BCUT2D eigenvalue weighted by atomic mass is 35.5. The summed E-state index contributed by atoms with van der Waals surface area (Å²) in [6.07, 6.45) is 0.285. The third-order valence-corrected chi connectivity index (χ3v) is 2.91. The molecule has 1 atom stereocenters. The first-order valence-corrected chi connectivity index (χ1v) is 6.85. The van der Waals surface area contributed by atoms with Gasteiger partial charge in [0, 0.05) is 16.5 Å². The number of nitrogens with one attached hydrogen (secondary N) is 1. The lowest BCUT2D eigenvalue weighted by atomic mass is 10.1. The highest BCUT2D eigenvalue weighted by molar-refractivity contribution is 6.35. The van der Waals surface area contributed by atoms with Crippen molar-refractivity contribution in [3.05, 3.63) is 33.8 Å². The van der Waals surface area contributed by atoms with Crippen molar-refractivity contribution in [2.75, 3.05) is 0 Å². The summed E-state index contributed by atoms with van der Waals surface area (Å²) < 4.78 is 5.09. The predicted octanol–water partition coefficient (Wildman–Crippen LogP) is 3.63. The van der Waals surface area contributed by atoms with Gasteiger partial charge < -0.3 is 14.8 Å². The topological polar surface area (TPSA) is 55.4 Å². The standard InChI is InChI=1S/C14H17Cl2NO3/c1-14(2,3)20-13(19)17-11(8-18)6-9-4-5-10(15)7-12(9)16/h4-5,7-8,11H,6H2,1-3H3,(H,17,19). The third-order valence-electron chi connectivity index (χ3n) is 2.32. The minimum atomic E-state index is -0.705. The van der Waals surface area contributed by atoms with E-state index in [4.69, 9.17) is 27.9 Å². The number of aldehydes is 1. The van der Waals surface area contributed by atoms with Crippen LogP contribution in [0.4, 0.5) is 4.79 Å². The van der Waals surface area contributed by atoms with E-state index in [0.717, 1.165) is 5.56 Å². The molecule has 0 saturated heterocycles. The number of halogens is 2. The average Bonchev–Trinajstić information content (AvgIpc) is 2.29. The largest absolute Gasteiger partial charge is 0.444 e. The van der Waals surface area contributed by atoms with Crippen LogP contribution in [-0.4, -0.2) is 24.0 Å². The molecule has 0 aliphatic rings. The number of carbonyl (C=O) groups is 2. The Morgan fingerprint density at radius 2 is 2.05 bits per heavy atom. The number of alkyl carbamates (subject to hydrolysis) is 1. The van der Waals surface area contributed by atoms with Gasteiger partial charge in [-0.05, 0) is 38.5 Å². The monoisotopic (exact) mass is 317 g/mol. The number of benzene rings is 1. The SMILES string of the molecule is CC(C)(C)OC(=O)NC(C=O)Cc1ccc(Cl)cc1Cl. The number of amides is 1. The van der Waals surface area contributed by atoms with E-state index in [1.165, 1.54) is 0 Å². The summed E-state index contributed by atoms with van der Waals surface area (Å²) in [6, 6.07) is 4.28. The maximum absolute atomic E-state index is 11.6. The normalized spacial score (nSPS) is 12.7. The molecule has 1 aromatic rings. The van der Waals surface area contributed by atoms with E-state index in [2.05, 4.69) is 5.32 Å². The molecule has 0 aromatic heterocycles. The third kappa shape index (κ3) is 5.80. The molecule has 4 nitrogen and oxygen atoms in total.